The molecule has 0 N–H and O–H groups in total. The summed E-state index contributed by atoms with van der Waals surface area (Å²) in [6, 6.07) is 17.7. The van der Waals surface area contributed by atoms with Gasteiger partial charge in [0, 0.05) is 10.6 Å². The van der Waals surface area contributed by atoms with Crippen molar-refractivity contribution in [2.45, 2.75) is 24.1 Å². The average Bonchev–Trinajstić information content (AvgIpc) is 2.81. The maximum absolute atomic E-state index is 12.8. The monoisotopic (exact) mass is 478 g/mol. The van der Waals surface area contributed by atoms with E-state index < -0.39 is 11.7 Å². The van der Waals surface area contributed by atoms with Crippen molar-refractivity contribution >= 4 is 11.8 Å². The molecule has 0 bridgehead atoms. The Kier molecular flexibility index (Phi) is 8.38. The number of halogens is 3. The van der Waals surface area contributed by atoms with E-state index in [4.69, 9.17) is 18.9 Å². The topological polar surface area (TPSA) is 36.9 Å². The molecule has 1 atom stereocenters. The number of alkyl halides is 3. The normalized spacial score (nSPS) is 12.2. The summed E-state index contributed by atoms with van der Waals surface area (Å²) in [5.74, 6) is 3.08. The second-order valence-electron chi connectivity index (χ2n) is 7.19. The third-order valence-corrected chi connectivity index (χ3v) is 5.91. The first kappa shape index (κ1) is 24.6. The SMILES string of the molecule is COc1ccc(OC(COc2ccc(C(F)(F)F)cc2)CSc2ccc(OC)c(C)c2)cc1. The number of methoxy groups -OCH3 is 2. The van der Waals surface area contributed by atoms with Crippen LogP contribution in [0.25, 0.3) is 0 Å². The van der Waals surface area contributed by atoms with Crippen LogP contribution in [0.1, 0.15) is 11.1 Å². The maximum Gasteiger partial charge on any atom is 0.416 e. The Balaban J connectivity index is 1.68. The van der Waals surface area contributed by atoms with Gasteiger partial charge in [-0.15, -0.1) is 11.8 Å². The number of ether oxygens (including phenoxy) is 4. The molecule has 0 spiro atoms. The summed E-state index contributed by atoms with van der Waals surface area (Å²) < 4.78 is 60.7. The van der Waals surface area contributed by atoms with Gasteiger partial charge in [0.25, 0.3) is 0 Å². The Morgan fingerprint density at radius 1 is 0.818 bits per heavy atom. The van der Waals surface area contributed by atoms with E-state index in [-0.39, 0.29) is 12.7 Å². The Hall–Kier alpha value is -3.00. The van der Waals surface area contributed by atoms with E-state index >= 15 is 0 Å². The molecule has 3 aromatic carbocycles. The van der Waals surface area contributed by atoms with Gasteiger partial charge < -0.3 is 18.9 Å². The number of rotatable bonds is 10. The lowest BCUT2D eigenvalue weighted by Crippen LogP contribution is -2.27. The van der Waals surface area contributed by atoms with Crippen molar-refractivity contribution in [3.8, 4) is 23.0 Å². The van der Waals surface area contributed by atoms with Crippen molar-refractivity contribution in [3.63, 3.8) is 0 Å². The minimum Gasteiger partial charge on any atom is -0.497 e. The Labute approximate surface area is 195 Å². The summed E-state index contributed by atoms with van der Waals surface area (Å²) in [6.07, 6.45) is -4.74. The van der Waals surface area contributed by atoms with Crippen LogP contribution < -0.4 is 18.9 Å². The third-order valence-electron chi connectivity index (χ3n) is 4.78. The molecule has 0 aliphatic carbocycles. The molecule has 0 aromatic heterocycles. The highest BCUT2D eigenvalue weighted by Crippen LogP contribution is 2.31. The Bertz CT molecular complexity index is 1020. The fourth-order valence-corrected chi connectivity index (χ4v) is 3.99. The first-order chi connectivity index (χ1) is 15.8. The van der Waals surface area contributed by atoms with Crippen molar-refractivity contribution < 1.29 is 32.1 Å². The van der Waals surface area contributed by atoms with Gasteiger partial charge in [0.1, 0.15) is 35.7 Å². The maximum atomic E-state index is 12.8. The van der Waals surface area contributed by atoms with Crippen molar-refractivity contribution in [2.75, 3.05) is 26.6 Å². The number of hydrogen-bond acceptors (Lipinski definition) is 5. The zero-order valence-electron chi connectivity index (χ0n) is 18.5. The molecule has 4 nitrogen and oxygen atoms in total. The van der Waals surface area contributed by atoms with Gasteiger partial charge in [-0.25, -0.2) is 0 Å². The molecule has 33 heavy (non-hydrogen) atoms. The van der Waals surface area contributed by atoms with E-state index in [1.54, 1.807) is 50.2 Å². The number of benzene rings is 3. The second-order valence-corrected chi connectivity index (χ2v) is 8.28. The van der Waals surface area contributed by atoms with Crippen molar-refractivity contribution in [2.24, 2.45) is 0 Å². The van der Waals surface area contributed by atoms with Crippen LogP contribution in [0.3, 0.4) is 0 Å². The van der Waals surface area contributed by atoms with E-state index in [1.165, 1.54) is 12.1 Å². The highest BCUT2D eigenvalue weighted by Gasteiger charge is 2.30. The van der Waals surface area contributed by atoms with Crippen molar-refractivity contribution in [3.05, 3.63) is 77.9 Å². The van der Waals surface area contributed by atoms with Gasteiger partial charge in [-0.05, 0) is 79.2 Å². The fraction of sp³-hybridized carbons (Fsp3) is 0.280. The van der Waals surface area contributed by atoms with E-state index in [0.29, 0.717) is 23.0 Å². The van der Waals surface area contributed by atoms with Crippen LogP contribution in [0.4, 0.5) is 13.2 Å². The summed E-state index contributed by atoms with van der Waals surface area (Å²) in [7, 11) is 3.22. The molecule has 8 heteroatoms. The lowest BCUT2D eigenvalue weighted by atomic mass is 10.2. The first-order valence-electron chi connectivity index (χ1n) is 10.2. The molecule has 0 amide bonds. The molecule has 0 fully saturated rings. The quantitative estimate of drug-likeness (QED) is 0.305. The smallest absolute Gasteiger partial charge is 0.416 e. The third kappa shape index (κ3) is 7.25. The van der Waals surface area contributed by atoms with Gasteiger partial charge in [-0.2, -0.15) is 13.2 Å². The second kappa shape index (κ2) is 11.2. The summed E-state index contributed by atoms with van der Waals surface area (Å²) in [5.41, 5.74) is 0.308. The van der Waals surface area contributed by atoms with Crippen LogP contribution in [0.5, 0.6) is 23.0 Å². The van der Waals surface area contributed by atoms with Crippen LogP contribution in [-0.4, -0.2) is 32.7 Å². The van der Waals surface area contributed by atoms with Gasteiger partial charge in [0.2, 0.25) is 0 Å². The van der Waals surface area contributed by atoms with Crippen molar-refractivity contribution in [1.29, 1.82) is 0 Å². The predicted octanol–water partition coefficient (Wildman–Crippen LogP) is 6.65. The highest BCUT2D eigenvalue weighted by atomic mass is 32.2. The van der Waals surface area contributed by atoms with Crippen LogP contribution in [0, 0.1) is 6.92 Å². The van der Waals surface area contributed by atoms with E-state index in [1.807, 2.05) is 25.1 Å². The van der Waals surface area contributed by atoms with E-state index in [0.717, 1.165) is 28.3 Å². The van der Waals surface area contributed by atoms with Gasteiger partial charge in [0.15, 0.2) is 0 Å². The molecule has 0 saturated heterocycles. The van der Waals surface area contributed by atoms with Crippen LogP contribution in [0.2, 0.25) is 0 Å². The minimum atomic E-state index is -4.38. The number of aryl methyl sites for hydroxylation is 1. The predicted molar refractivity (Wildman–Crippen MR) is 123 cm³/mol. The first-order valence-corrected chi connectivity index (χ1v) is 11.1. The molecule has 0 saturated carbocycles. The summed E-state index contributed by atoms with van der Waals surface area (Å²) in [4.78, 5) is 1.05. The van der Waals surface area contributed by atoms with Gasteiger partial charge in [0.05, 0.1) is 19.8 Å². The average molecular weight is 479 g/mol. The molecule has 3 rings (SSSR count). The van der Waals surface area contributed by atoms with Crippen LogP contribution in [-0.2, 0) is 6.18 Å². The molecule has 1 unspecified atom stereocenters. The molecule has 0 aliphatic rings. The molecule has 0 radical (unpaired) electrons. The number of hydrogen-bond donors (Lipinski definition) is 0. The van der Waals surface area contributed by atoms with E-state index in [9.17, 15) is 13.2 Å². The Morgan fingerprint density at radius 3 is 2.03 bits per heavy atom. The Morgan fingerprint density at radius 2 is 1.45 bits per heavy atom. The fourth-order valence-electron chi connectivity index (χ4n) is 3.02. The van der Waals surface area contributed by atoms with Gasteiger partial charge >= 0.3 is 6.18 Å². The molecule has 0 heterocycles. The highest BCUT2D eigenvalue weighted by molar-refractivity contribution is 7.99. The molecule has 0 aliphatic heterocycles. The summed E-state index contributed by atoms with van der Waals surface area (Å²) in [6.45, 7) is 2.14. The molecule has 176 valence electrons. The zero-order chi connectivity index (χ0) is 23.8. The summed E-state index contributed by atoms with van der Waals surface area (Å²) >= 11 is 1.60. The molecular weight excluding hydrogens is 453 g/mol. The van der Waals surface area contributed by atoms with Crippen LogP contribution >= 0.6 is 11.8 Å². The largest absolute Gasteiger partial charge is 0.497 e. The lowest BCUT2D eigenvalue weighted by Gasteiger charge is -2.20. The zero-order valence-corrected chi connectivity index (χ0v) is 19.3. The van der Waals surface area contributed by atoms with Crippen molar-refractivity contribution in [1.82, 2.24) is 0 Å². The summed E-state index contributed by atoms with van der Waals surface area (Å²) in [5, 5.41) is 0. The minimum absolute atomic E-state index is 0.166. The molecular formula is C25H25F3O4S. The van der Waals surface area contributed by atoms with Gasteiger partial charge in [-0.3, -0.25) is 0 Å². The van der Waals surface area contributed by atoms with Gasteiger partial charge in [-0.1, -0.05) is 0 Å². The lowest BCUT2D eigenvalue weighted by molar-refractivity contribution is -0.137. The number of thioether (sulfide) groups is 1. The molecule has 3 aromatic rings. The standard InChI is InChI=1S/C25H25F3O4S/c1-17-14-23(12-13-24(17)30-3)33-16-22(32-21-10-8-19(29-2)9-11-21)15-31-20-6-4-18(5-7-20)25(26,27)28/h4-14,22H,15-16H2,1-3H3. The van der Waals surface area contributed by atoms with E-state index in [2.05, 4.69) is 0 Å². The van der Waals surface area contributed by atoms with Crippen LogP contribution in [0.15, 0.2) is 71.6 Å².